The quantitative estimate of drug-likeness (QED) is 0.675. The zero-order valence-corrected chi connectivity index (χ0v) is 8.79. The van der Waals surface area contributed by atoms with Crippen LogP contribution in [-0.2, 0) is 9.53 Å². The molecule has 0 amide bonds. The van der Waals surface area contributed by atoms with E-state index in [4.69, 9.17) is 4.74 Å². The molecule has 14 heavy (non-hydrogen) atoms. The second-order valence-corrected chi connectivity index (χ2v) is 4.42. The minimum absolute atomic E-state index is 0.148. The molecule has 0 aromatic heterocycles. The summed E-state index contributed by atoms with van der Waals surface area (Å²) in [6.07, 6.45) is 7.82. The standard InChI is InChI=1S/C12H18O2/c1-9-7-11(8-14-9)12(13)10-5-3-2-4-6-10/h5,9,11H,2-4,6-8H2,1H3. The lowest BCUT2D eigenvalue weighted by atomic mass is 9.89. The molecule has 1 fully saturated rings. The zero-order valence-electron chi connectivity index (χ0n) is 8.79. The lowest BCUT2D eigenvalue weighted by Gasteiger charge is -2.14. The first kappa shape index (κ1) is 9.91. The highest BCUT2D eigenvalue weighted by molar-refractivity contribution is 5.97. The molecule has 2 atom stereocenters. The highest BCUT2D eigenvalue weighted by Gasteiger charge is 2.30. The van der Waals surface area contributed by atoms with Crippen LogP contribution in [-0.4, -0.2) is 18.5 Å². The molecular formula is C12H18O2. The van der Waals surface area contributed by atoms with Crippen LogP contribution >= 0.6 is 0 Å². The highest BCUT2D eigenvalue weighted by Crippen LogP contribution is 2.27. The minimum atomic E-state index is 0.148. The number of hydrogen-bond acceptors (Lipinski definition) is 2. The molecule has 1 saturated heterocycles. The number of carbonyl (C=O) groups is 1. The molecule has 0 radical (unpaired) electrons. The maximum atomic E-state index is 12.0. The molecule has 0 aromatic rings. The largest absolute Gasteiger partial charge is 0.378 e. The highest BCUT2D eigenvalue weighted by atomic mass is 16.5. The monoisotopic (exact) mass is 194 g/mol. The molecular weight excluding hydrogens is 176 g/mol. The van der Waals surface area contributed by atoms with E-state index in [9.17, 15) is 4.79 Å². The molecule has 1 heterocycles. The molecule has 2 rings (SSSR count). The van der Waals surface area contributed by atoms with E-state index in [1.807, 2.05) is 6.92 Å². The van der Waals surface area contributed by atoms with Crippen molar-refractivity contribution < 1.29 is 9.53 Å². The van der Waals surface area contributed by atoms with E-state index >= 15 is 0 Å². The van der Waals surface area contributed by atoms with Gasteiger partial charge in [0.25, 0.3) is 0 Å². The number of hydrogen-bond donors (Lipinski definition) is 0. The van der Waals surface area contributed by atoms with E-state index in [0.29, 0.717) is 12.4 Å². The van der Waals surface area contributed by atoms with Crippen LogP contribution in [0, 0.1) is 5.92 Å². The summed E-state index contributed by atoms with van der Waals surface area (Å²) in [6.45, 7) is 2.68. The molecule has 0 saturated carbocycles. The van der Waals surface area contributed by atoms with Crippen molar-refractivity contribution in [3.63, 3.8) is 0 Å². The molecule has 1 aliphatic heterocycles. The van der Waals surface area contributed by atoms with Crippen molar-refractivity contribution in [2.24, 2.45) is 5.92 Å². The van der Waals surface area contributed by atoms with Crippen LogP contribution in [0.3, 0.4) is 0 Å². The van der Waals surface area contributed by atoms with E-state index in [1.165, 1.54) is 12.8 Å². The van der Waals surface area contributed by atoms with Gasteiger partial charge < -0.3 is 4.74 Å². The number of carbonyl (C=O) groups excluding carboxylic acids is 1. The van der Waals surface area contributed by atoms with Crippen molar-refractivity contribution in [2.45, 2.75) is 45.1 Å². The fraction of sp³-hybridized carbons (Fsp3) is 0.750. The lowest BCUT2D eigenvalue weighted by molar-refractivity contribution is -0.119. The minimum Gasteiger partial charge on any atom is -0.378 e. The van der Waals surface area contributed by atoms with Crippen molar-refractivity contribution in [3.05, 3.63) is 11.6 Å². The SMILES string of the molecule is CC1CC(C(=O)C2=CCCCC2)CO1. The van der Waals surface area contributed by atoms with Gasteiger partial charge in [-0.3, -0.25) is 4.79 Å². The van der Waals surface area contributed by atoms with Crippen LogP contribution in [0.4, 0.5) is 0 Å². The van der Waals surface area contributed by atoms with Crippen molar-refractivity contribution in [1.82, 2.24) is 0 Å². The Morgan fingerprint density at radius 1 is 1.50 bits per heavy atom. The molecule has 2 nitrogen and oxygen atoms in total. The summed E-state index contributed by atoms with van der Waals surface area (Å²) < 4.78 is 5.43. The molecule has 1 aliphatic carbocycles. The maximum Gasteiger partial charge on any atom is 0.164 e. The fourth-order valence-electron chi connectivity index (χ4n) is 2.32. The molecule has 0 aromatic carbocycles. The van der Waals surface area contributed by atoms with Gasteiger partial charge in [-0.15, -0.1) is 0 Å². The summed E-state index contributed by atoms with van der Waals surface area (Å²) in [5.74, 6) is 0.503. The van der Waals surface area contributed by atoms with Gasteiger partial charge in [-0.1, -0.05) is 6.08 Å². The van der Waals surface area contributed by atoms with Crippen LogP contribution in [0.25, 0.3) is 0 Å². The van der Waals surface area contributed by atoms with Gasteiger partial charge in [-0.05, 0) is 44.6 Å². The summed E-state index contributed by atoms with van der Waals surface area (Å²) >= 11 is 0. The van der Waals surface area contributed by atoms with Crippen LogP contribution in [0.15, 0.2) is 11.6 Å². The Balaban J connectivity index is 1.97. The van der Waals surface area contributed by atoms with Gasteiger partial charge in [0.15, 0.2) is 5.78 Å². The maximum absolute atomic E-state index is 12.0. The van der Waals surface area contributed by atoms with Crippen molar-refractivity contribution >= 4 is 5.78 Å². The molecule has 78 valence electrons. The Morgan fingerprint density at radius 2 is 2.36 bits per heavy atom. The normalized spacial score (nSPS) is 32.8. The van der Waals surface area contributed by atoms with Gasteiger partial charge in [0.05, 0.1) is 12.7 Å². The predicted octanol–water partition coefficient (Wildman–Crippen LogP) is 2.48. The number of rotatable bonds is 2. The third kappa shape index (κ3) is 2.06. The number of ether oxygens (including phenoxy) is 1. The van der Waals surface area contributed by atoms with Crippen LogP contribution < -0.4 is 0 Å². The fourth-order valence-corrected chi connectivity index (χ4v) is 2.32. The zero-order chi connectivity index (χ0) is 9.97. The smallest absolute Gasteiger partial charge is 0.164 e. The van der Waals surface area contributed by atoms with E-state index in [0.717, 1.165) is 24.8 Å². The summed E-state index contributed by atoms with van der Waals surface area (Å²) in [6, 6.07) is 0. The molecule has 0 bridgehead atoms. The molecule has 2 heteroatoms. The van der Waals surface area contributed by atoms with E-state index in [1.54, 1.807) is 0 Å². The average molecular weight is 194 g/mol. The van der Waals surface area contributed by atoms with Gasteiger partial charge in [0, 0.05) is 5.92 Å². The van der Waals surface area contributed by atoms with Crippen molar-refractivity contribution in [3.8, 4) is 0 Å². The topological polar surface area (TPSA) is 26.3 Å². The lowest BCUT2D eigenvalue weighted by Crippen LogP contribution is -2.18. The number of ketones is 1. The van der Waals surface area contributed by atoms with Crippen LogP contribution in [0.5, 0.6) is 0 Å². The third-order valence-electron chi connectivity index (χ3n) is 3.18. The van der Waals surface area contributed by atoms with Gasteiger partial charge in [0.1, 0.15) is 0 Å². The Kier molecular flexibility index (Phi) is 3.02. The van der Waals surface area contributed by atoms with Gasteiger partial charge in [-0.25, -0.2) is 0 Å². The van der Waals surface area contributed by atoms with Crippen molar-refractivity contribution in [1.29, 1.82) is 0 Å². The molecule has 2 unspecified atom stereocenters. The third-order valence-corrected chi connectivity index (χ3v) is 3.18. The van der Waals surface area contributed by atoms with E-state index in [-0.39, 0.29) is 12.0 Å². The first-order valence-electron chi connectivity index (χ1n) is 5.62. The molecule has 2 aliphatic rings. The summed E-state index contributed by atoms with van der Waals surface area (Å²) in [4.78, 5) is 12.0. The Bertz CT molecular complexity index is 255. The predicted molar refractivity (Wildman–Crippen MR) is 55.1 cm³/mol. The number of allylic oxidation sites excluding steroid dienone is 2. The van der Waals surface area contributed by atoms with Gasteiger partial charge >= 0.3 is 0 Å². The average Bonchev–Trinajstić information content (AvgIpc) is 2.65. The first-order valence-corrected chi connectivity index (χ1v) is 5.62. The second kappa shape index (κ2) is 4.26. The summed E-state index contributed by atoms with van der Waals surface area (Å²) in [7, 11) is 0. The molecule has 0 spiro atoms. The number of Topliss-reactive ketones (excluding diaryl/α,β-unsaturated/α-hetero) is 1. The van der Waals surface area contributed by atoms with Gasteiger partial charge in [0.2, 0.25) is 0 Å². The van der Waals surface area contributed by atoms with Crippen LogP contribution in [0.1, 0.15) is 39.0 Å². The Morgan fingerprint density at radius 3 is 2.93 bits per heavy atom. The molecule has 0 N–H and O–H groups in total. The van der Waals surface area contributed by atoms with Gasteiger partial charge in [-0.2, -0.15) is 0 Å². The second-order valence-electron chi connectivity index (χ2n) is 4.42. The van der Waals surface area contributed by atoms with E-state index in [2.05, 4.69) is 6.08 Å². The summed E-state index contributed by atoms with van der Waals surface area (Å²) in [5, 5.41) is 0. The Hall–Kier alpha value is -0.630. The van der Waals surface area contributed by atoms with Crippen molar-refractivity contribution in [2.75, 3.05) is 6.61 Å². The van der Waals surface area contributed by atoms with E-state index < -0.39 is 0 Å². The first-order chi connectivity index (χ1) is 6.77. The van der Waals surface area contributed by atoms with Crippen LogP contribution in [0.2, 0.25) is 0 Å². The summed E-state index contributed by atoms with van der Waals surface area (Å²) in [5.41, 5.74) is 1.07. The Labute approximate surface area is 85.3 Å².